The molecule has 8 nitrogen and oxygen atoms in total. The quantitative estimate of drug-likeness (QED) is 0.496. The third kappa shape index (κ3) is 4.70. The van der Waals surface area contributed by atoms with Gasteiger partial charge in [-0.2, -0.15) is 5.10 Å². The first-order chi connectivity index (χ1) is 16.2. The number of aromatic nitrogens is 4. The minimum absolute atomic E-state index is 0.0145. The molecule has 0 unspecified atom stereocenters. The van der Waals surface area contributed by atoms with Crippen molar-refractivity contribution in [3.05, 3.63) is 78.2 Å². The summed E-state index contributed by atoms with van der Waals surface area (Å²) in [7, 11) is 1.88. The maximum absolute atomic E-state index is 12.8. The Morgan fingerprint density at radius 1 is 0.970 bits per heavy atom. The van der Waals surface area contributed by atoms with Crippen molar-refractivity contribution in [1.82, 2.24) is 24.6 Å². The number of hydrogen-bond donors (Lipinski definition) is 1. The molecule has 0 saturated carbocycles. The Morgan fingerprint density at radius 2 is 1.73 bits per heavy atom. The average molecular weight is 442 g/mol. The van der Waals surface area contributed by atoms with Gasteiger partial charge >= 0.3 is 0 Å². The number of aryl methyl sites for hydroxylation is 1. The van der Waals surface area contributed by atoms with Crippen molar-refractivity contribution in [3.63, 3.8) is 0 Å². The van der Waals surface area contributed by atoms with E-state index < -0.39 is 0 Å². The molecule has 1 aliphatic rings. The zero-order valence-electron chi connectivity index (χ0n) is 18.7. The van der Waals surface area contributed by atoms with Crippen LogP contribution in [0.25, 0.3) is 11.0 Å². The van der Waals surface area contributed by atoms with E-state index in [0.717, 1.165) is 60.7 Å². The summed E-state index contributed by atoms with van der Waals surface area (Å²) >= 11 is 0. The molecule has 3 heterocycles. The average Bonchev–Trinajstić information content (AvgIpc) is 3.22. The van der Waals surface area contributed by atoms with Gasteiger partial charge in [0.25, 0.3) is 0 Å². The molecule has 0 bridgehead atoms. The second-order valence-corrected chi connectivity index (χ2v) is 8.33. The van der Waals surface area contributed by atoms with Gasteiger partial charge in [0.2, 0.25) is 5.91 Å². The van der Waals surface area contributed by atoms with E-state index in [9.17, 15) is 4.79 Å². The summed E-state index contributed by atoms with van der Waals surface area (Å²) in [5.74, 6) is 0.924. The van der Waals surface area contributed by atoms with E-state index in [4.69, 9.17) is 0 Å². The molecule has 2 aromatic carbocycles. The number of fused-ring (bicyclic) bond motifs is 1. The van der Waals surface area contributed by atoms with E-state index in [1.54, 1.807) is 11.0 Å². The number of benzene rings is 2. The standard InChI is InChI=1S/C25H27N7O/c1-30-24-21(16-28-30)25(27-18-26-24)32-13-11-31(12-14-32)17-23(33)29-22-10-6-5-9-20(22)15-19-7-3-2-4-8-19/h2-10,16,18H,11-15,17H2,1H3,(H,29,33). The zero-order valence-corrected chi connectivity index (χ0v) is 18.7. The molecule has 1 aliphatic heterocycles. The molecule has 0 aliphatic carbocycles. The predicted octanol–water partition coefficient (Wildman–Crippen LogP) is 2.71. The van der Waals surface area contributed by atoms with Crippen molar-refractivity contribution in [2.75, 3.05) is 42.9 Å². The molecule has 1 amide bonds. The molecule has 0 atom stereocenters. The summed E-state index contributed by atoms with van der Waals surface area (Å²) in [6.07, 6.45) is 4.20. The van der Waals surface area contributed by atoms with Crippen LogP contribution in [0.2, 0.25) is 0 Å². The van der Waals surface area contributed by atoms with Gasteiger partial charge in [-0.1, -0.05) is 48.5 Å². The first kappa shape index (κ1) is 21.1. The summed E-state index contributed by atoms with van der Waals surface area (Å²) in [5, 5.41) is 8.38. The predicted molar refractivity (Wildman–Crippen MR) is 129 cm³/mol. The van der Waals surface area contributed by atoms with Crippen LogP contribution in [-0.4, -0.2) is 63.3 Å². The Morgan fingerprint density at radius 3 is 2.55 bits per heavy atom. The van der Waals surface area contributed by atoms with Gasteiger partial charge in [-0.25, -0.2) is 9.97 Å². The smallest absolute Gasteiger partial charge is 0.238 e. The zero-order chi connectivity index (χ0) is 22.6. The molecule has 33 heavy (non-hydrogen) atoms. The molecule has 1 fully saturated rings. The lowest BCUT2D eigenvalue weighted by molar-refractivity contribution is -0.117. The molecule has 1 saturated heterocycles. The van der Waals surface area contributed by atoms with Crippen LogP contribution in [0.3, 0.4) is 0 Å². The maximum atomic E-state index is 12.8. The van der Waals surface area contributed by atoms with E-state index in [0.29, 0.717) is 6.54 Å². The van der Waals surface area contributed by atoms with Gasteiger partial charge in [0.1, 0.15) is 12.1 Å². The highest BCUT2D eigenvalue weighted by atomic mass is 16.2. The van der Waals surface area contributed by atoms with E-state index in [2.05, 4.69) is 48.4 Å². The largest absolute Gasteiger partial charge is 0.353 e. The highest BCUT2D eigenvalue weighted by molar-refractivity contribution is 5.93. The van der Waals surface area contributed by atoms with Gasteiger partial charge in [-0.3, -0.25) is 14.4 Å². The van der Waals surface area contributed by atoms with Crippen molar-refractivity contribution in [2.24, 2.45) is 7.05 Å². The number of para-hydroxylation sites is 1. The molecule has 8 heteroatoms. The van der Waals surface area contributed by atoms with Gasteiger partial charge in [-0.15, -0.1) is 0 Å². The summed E-state index contributed by atoms with van der Waals surface area (Å²) in [4.78, 5) is 26.1. The van der Waals surface area contributed by atoms with Crippen LogP contribution in [0, 0.1) is 0 Å². The summed E-state index contributed by atoms with van der Waals surface area (Å²) in [5.41, 5.74) is 4.05. The number of anilines is 2. The Labute approximate surface area is 192 Å². The number of carbonyl (C=O) groups excluding carboxylic acids is 1. The highest BCUT2D eigenvalue weighted by Gasteiger charge is 2.22. The van der Waals surface area contributed by atoms with Crippen molar-refractivity contribution in [2.45, 2.75) is 6.42 Å². The molecule has 0 radical (unpaired) electrons. The fraction of sp³-hybridized carbons (Fsp3) is 0.280. The van der Waals surface area contributed by atoms with Gasteiger partial charge in [0, 0.05) is 38.9 Å². The van der Waals surface area contributed by atoms with E-state index in [1.165, 1.54) is 5.56 Å². The van der Waals surface area contributed by atoms with Gasteiger partial charge in [0.05, 0.1) is 18.1 Å². The number of rotatable bonds is 6. The minimum Gasteiger partial charge on any atom is -0.353 e. The molecule has 0 spiro atoms. The first-order valence-corrected chi connectivity index (χ1v) is 11.2. The van der Waals surface area contributed by atoms with Gasteiger partial charge < -0.3 is 10.2 Å². The molecular weight excluding hydrogens is 414 g/mol. The van der Waals surface area contributed by atoms with E-state index in [1.807, 2.05) is 49.6 Å². The number of hydrogen-bond acceptors (Lipinski definition) is 6. The fourth-order valence-corrected chi connectivity index (χ4v) is 4.32. The first-order valence-electron chi connectivity index (χ1n) is 11.2. The third-order valence-electron chi connectivity index (χ3n) is 6.08. The minimum atomic E-state index is 0.0145. The normalized spacial score (nSPS) is 14.5. The van der Waals surface area contributed by atoms with Crippen molar-refractivity contribution in [1.29, 1.82) is 0 Å². The topological polar surface area (TPSA) is 79.2 Å². The molecule has 168 valence electrons. The lowest BCUT2D eigenvalue weighted by Crippen LogP contribution is -2.49. The number of piperazine rings is 1. The van der Waals surface area contributed by atoms with Crippen LogP contribution in [0.15, 0.2) is 67.1 Å². The van der Waals surface area contributed by atoms with Crippen molar-refractivity contribution >= 4 is 28.4 Å². The lowest BCUT2D eigenvalue weighted by Gasteiger charge is -2.35. The molecule has 1 N–H and O–H groups in total. The molecule has 4 aromatic rings. The van der Waals surface area contributed by atoms with Gasteiger partial charge in [-0.05, 0) is 23.6 Å². The monoisotopic (exact) mass is 441 g/mol. The third-order valence-corrected chi connectivity index (χ3v) is 6.08. The lowest BCUT2D eigenvalue weighted by atomic mass is 10.0. The van der Waals surface area contributed by atoms with Crippen LogP contribution in [0.1, 0.15) is 11.1 Å². The van der Waals surface area contributed by atoms with Crippen LogP contribution in [0.4, 0.5) is 11.5 Å². The number of nitrogens with one attached hydrogen (secondary N) is 1. The fourth-order valence-electron chi connectivity index (χ4n) is 4.32. The SMILES string of the molecule is Cn1ncc2c(N3CCN(CC(=O)Nc4ccccc4Cc4ccccc4)CC3)ncnc21. The van der Waals surface area contributed by atoms with Crippen molar-refractivity contribution in [3.8, 4) is 0 Å². The van der Waals surface area contributed by atoms with Crippen LogP contribution in [0.5, 0.6) is 0 Å². The Balaban J connectivity index is 1.19. The summed E-state index contributed by atoms with van der Waals surface area (Å²) in [6, 6.07) is 18.3. The molecule has 5 rings (SSSR count). The Kier molecular flexibility index (Phi) is 5.99. The van der Waals surface area contributed by atoms with E-state index >= 15 is 0 Å². The van der Waals surface area contributed by atoms with Crippen LogP contribution < -0.4 is 10.2 Å². The molecule has 2 aromatic heterocycles. The summed E-state index contributed by atoms with van der Waals surface area (Å²) < 4.78 is 1.76. The Hall–Kier alpha value is -3.78. The van der Waals surface area contributed by atoms with Crippen molar-refractivity contribution < 1.29 is 4.79 Å². The number of carbonyl (C=O) groups is 1. The van der Waals surface area contributed by atoms with Gasteiger partial charge in [0.15, 0.2) is 5.65 Å². The highest BCUT2D eigenvalue weighted by Crippen LogP contribution is 2.23. The van der Waals surface area contributed by atoms with Crippen LogP contribution >= 0.6 is 0 Å². The number of amides is 1. The second kappa shape index (κ2) is 9.38. The summed E-state index contributed by atoms with van der Waals surface area (Å²) in [6.45, 7) is 3.58. The molecular formula is C25H27N7O. The van der Waals surface area contributed by atoms with Crippen LogP contribution in [-0.2, 0) is 18.3 Å². The second-order valence-electron chi connectivity index (χ2n) is 8.33. The maximum Gasteiger partial charge on any atom is 0.238 e. The number of nitrogens with zero attached hydrogens (tertiary/aromatic N) is 6. The Bertz CT molecular complexity index is 1250. The van der Waals surface area contributed by atoms with E-state index in [-0.39, 0.29) is 5.91 Å².